The van der Waals surface area contributed by atoms with Gasteiger partial charge in [-0.2, -0.15) is 0 Å². The van der Waals surface area contributed by atoms with Crippen LogP contribution < -0.4 is 0 Å². The van der Waals surface area contributed by atoms with E-state index in [2.05, 4.69) is 15.9 Å². The summed E-state index contributed by atoms with van der Waals surface area (Å²) in [5.41, 5.74) is 1.81. The largest absolute Gasteiger partial charge is 0.289 e. The minimum absolute atomic E-state index is 0.309. The summed E-state index contributed by atoms with van der Waals surface area (Å²) in [7, 11) is 0. The lowest BCUT2D eigenvalue weighted by Gasteiger charge is -2.17. The molecule has 0 spiro atoms. The molecular weight excluding hydrogens is 280 g/mol. The molecule has 0 aromatic carbocycles. The number of hydrogen-bond donors (Lipinski definition) is 0. The molecule has 0 aromatic heterocycles. The van der Waals surface area contributed by atoms with Crippen LogP contribution in [-0.4, -0.2) is 16.9 Å². The SMILES string of the molecule is CC1=C(/C=C/C(C)=C/CBr)C(C)(C)C(=O)C1=O. The van der Waals surface area contributed by atoms with Gasteiger partial charge in [-0.15, -0.1) is 0 Å². The van der Waals surface area contributed by atoms with E-state index < -0.39 is 5.41 Å². The molecule has 1 rings (SSSR count). The zero-order valence-corrected chi connectivity index (χ0v) is 12.2. The van der Waals surface area contributed by atoms with Crippen molar-refractivity contribution in [1.29, 1.82) is 0 Å². The van der Waals surface area contributed by atoms with Gasteiger partial charge in [0.2, 0.25) is 11.6 Å². The Bertz CT molecular complexity index is 451. The van der Waals surface area contributed by atoms with Crippen molar-refractivity contribution < 1.29 is 9.59 Å². The molecule has 0 atom stereocenters. The van der Waals surface area contributed by atoms with Gasteiger partial charge in [0.15, 0.2) is 0 Å². The smallest absolute Gasteiger partial charge is 0.225 e. The highest BCUT2D eigenvalue weighted by Crippen LogP contribution is 2.38. The highest BCUT2D eigenvalue weighted by Gasteiger charge is 2.43. The molecule has 92 valence electrons. The number of allylic oxidation sites excluding steroid dienone is 6. The van der Waals surface area contributed by atoms with Crippen molar-refractivity contribution in [3.8, 4) is 0 Å². The minimum Gasteiger partial charge on any atom is -0.289 e. The van der Waals surface area contributed by atoms with Crippen LogP contribution in [0.25, 0.3) is 0 Å². The number of Topliss-reactive ketones (excluding diaryl/α,β-unsaturated/α-hetero) is 2. The Balaban J connectivity index is 3.10. The molecule has 0 fully saturated rings. The Labute approximate surface area is 111 Å². The molecule has 0 aromatic rings. The third kappa shape index (κ3) is 2.65. The molecule has 0 saturated heterocycles. The molecule has 0 amide bonds. The van der Waals surface area contributed by atoms with E-state index in [1.165, 1.54) is 0 Å². The molecule has 0 aliphatic heterocycles. The Hall–Kier alpha value is -0.960. The van der Waals surface area contributed by atoms with Crippen LogP contribution in [0.2, 0.25) is 0 Å². The van der Waals surface area contributed by atoms with Gasteiger partial charge in [0.1, 0.15) is 0 Å². The summed E-state index contributed by atoms with van der Waals surface area (Å²) in [6.45, 7) is 7.30. The topological polar surface area (TPSA) is 34.1 Å². The number of rotatable bonds is 3. The van der Waals surface area contributed by atoms with Gasteiger partial charge in [0.05, 0.1) is 5.41 Å². The molecule has 2 nitrogen and oxygen atoms in total. The first-order valence-corrected chi connectivity index (χ1v) is 6.65. The maximum atomic E-state index is 11.8. The standard InChI is InChI=1S/C14H17BrO2/c1-9(7-8-15)5-6-11-10(2)12(16)13(17)14(11,3)4/h5-7H,8H2,1-4H3/b6-5+,9-7+. The lowest BCUT2D eigenvalue weighted by atomic mass is 9.84. The van der Waals surface area contributed by atoms with Crippen LogP contribution >= 0.6 is 15.9 Å². The molecule has 0 heterocycles. The molecule has 0 N–H and O–H groups in total. The number of alkyl halides is 1. The first-order chi connectivity index (χ1) is 7.82. The van der Waals surface area contributed by atoms with Crippen molar-refractivity contribution >= 4 is 27.5 Å². The Kier molecular flexibility index (Phi) is 4.26. The summed E-state index contributed by atoms with van der Waals surface area (Å²) in [6, 6.07) is 0. The fourth-order valence-corrected chi connectivity index (χ4v) is 2.42. The third-order valence-corrected chi connectivity index (χ3v) is 3.43. The van der Waals surface area contributed by atoms with Crippen molar-refractivity contribution in [2.75, 3.05) is 5.33 Å². The predicted molar refractivity (Wildman–Crippen MR) is 73.2 cm³/mol. The van der Waals surface area contributed by atoms with Gasteiger partial charge in [-0.1, -0.05) is 39.7 Å². The number of hydrogen-bond acceptors (Lipinski definition) is 2. The lowest BCUT2D eigenvalue weighted by molar-refractivity contribution is -0.137. The molecule has 17 heavy (non-hydrogen) atoms. The number of halogens is 1. The zero-order valence-electron chi connectivity index (χ0n) is 10.6. The van der Waals surface area contributed by atoms with Gasteiger partial charge in [-0.05, 0) is 33.3 Å². The molecule has 1 aliphatic rings. The molecule has 0 bridgehead atoms. The molecule has 0 saturated carbocycles. The van der Waals surface area contributed by atoms with Crippen molar-refractivity contribution in [2.24, 2.45) is 5.41 Å². The molecule has 0 radical (unpaired) electrons. The average Bonchev–Trinajstić information content (AvgIpc) is 2.39. The third-order valence-electron chi connectivity index (χ3n) is 3.10. The normalized spacial score (nSPS) is 20.9. The van der Waals surface area contributed by atoms with Crippen molar-refractivity contribution in [3.05, 3.63) is 34.9 Å². The second-order valence-electron chi connectivity index (χ2n) is 4.76. The van der Waals surface area contributed by atoms with Crippen LogP contribution in [0.3, 0.4) is 0 Å². The van der Waals surface area contributed by atoms with Gasteiger partial charge < -0.3 is 0 Å². The second-order valence-corrected chi connectivity index (χ2v) is 5.41. The van der Waals surface area contributed by atoms with Crippen molar-refractivity contribution in [1.82, 2.24) is 0 Å². The zero-order chi connectivity index (χ0) is 13.2. The van der Waals surface area contributed by atoms with Crippen LogP contribution in [0, 0.1) is 5.41 Å². The maximum absolute atomic E-state index is 11.8. The number of ketones is 2. The number of carbonyl (C=O) groups is 2. The van der Waals surface area contributed by atoms with E-state index in [-0.39, 0.29) is 11.6 Å². The quantitative estimate of drug-likeness (QED) is 0.454. The van der Waals surface area contributed by atoms with Gasteiger partial charge >= 0.3 is 0 Å². The molecule has 0 unspecified atom stereocenters. The van der Waals surface area contributed by atoms with Crippen LogP contribution in [0.15, 0.2) is 34.9 Å². The van der Waals surface area contributed by atoms with E-state index in [1.807, 2.05) is 25.2 Å². The van der Waals surface area contributed by atoms with Crippen LogP contribution in [0.4, 0.5) is 0 Å². The Morgan fingerprint density at radius 3 is 2.35 bits per heavy atom. The second kappa shape index (κ2) is 5.13. The average molecular weight is 297 g/mol. The number of carbonyl (C=O) groups excluding carboxylic acids is 2. The molecule has 1 aliphatic carbocycles. The Morgan fingerprint density at radius 1 is 1.35 bits per heavy atom. The summed E-state index contributed by atoms with van der Waals surface area (Å²) in [5, 5.41) is 0.794. The van der Waals surface area contributed by atoms with E-state index in [1.54, 1.807) is 20.8 Å². The Morgan fingerprint density at radius 2 is 1.94 bits per heavy atom. The summed E-state index contributed by atoms with van der Waals surface area (Å²) in [5.74, 6) is -0.659. The highest BCUT2D eigenvalue weighted by molar-refractivity contribution is 9.09. The monoisotopic (exact) mass is 296 g/mol. The molecule has 3 heteroatoms. The van der Waals surface area contributed by atoms with E-state index in [0.29, 0.717) is 5.57 Å². The van der Waals surface area contributed by atoms with E-state index in [9.17, 15) is 9.59 Å². The summed E-state index contributed by atoms with van der Waals surface area (Å²) >= 11 is 3.33. The van der Waals surface area contributed by atoms with E-state index >= 15 is 0 Å². The predicted octanol–water partition coefficient (Wildman–Crippen LogP) is 3.38. The maximum Gasteiger partial charge on any atom is 0.225 e. The summed E-state index contributed by atoms with van der Waals surface area (Å²) in [6.07, 6.45) is 5.85. The van der Waals surface area contributed by atoms with E-state index in [4.69, 9.17) is 0 Å². The fourth-order valence-electron chi connectivity index (χ4n) is 1.91. The highest BCUT2D eigenvalue weighted by atomic mass is 79.9. The van der Waals surface area contributed by atoms with Gasteiger partial charge in [0.25, 0.3) is 0 Å². The van der Waals surface area contributed by atoms with Crippen LogP contribution in [0.5, 0.6) is 0 Å². The first-order valence-electron chi connectivity index (χ1n) is 5.53. The van der Waals surface area contributed by atoms with Gasteiger partial charge in [0, 0.05) is 10.9 Å². The summed E-state index contributed by atoms with van der Waals surface area (Å²) < 4.78 is 0. The van der Waals surface area contributed by atoms with Gasteiger partial charge in [-0.3, -0.25) is 9.59 Å². The minimum atomic E-state index is -0.688. The van der Waals surface area contributed by atoms with E-state index in [0.717, 1.165) is 16.5 Å². The van der Waals surface area contributed by atoms with Gasteiger partial charge in [-0.25, -0.2) is 0 Å². The fraction of sp³-hybridized carbons (Fsp3) is 0.429. The first kappa shape index (κ1) is 14.1. The lowest BCUT2D eigenvalue weighted by Crippen LogP contribution is -2.24. The van der Waals surface area contributed by atoms with Crippen LogP contribution in [0.1, 0.15) is 27.7 Å². The van der Waals surface area contributed by atoms with Crippen molar-refractivity contribution in [3.63, 3.8) is 0 Å². The molecular formula is C14H17BrO2. The van der Waals surface area contributed by atoms with Crippen molar-refractivity contribution in [2.45, 2.75) is 27.7 Å². The summed E-state index contributed by atoms with van der Waals surface area (Å²) in [4.78, 5) is 23.4. The van der Waals surface area contributed by atoms with Crippen LogP contribution in [-0.2, 0) is 9.59 Å².